The fraction of sp³-hybridized carbons (Fsp3) is 0.294. The second-order valence-corrected chi connectivity index (χ2v) is 9.49. The quantitative estimate of drug-likeness (QED) is 0.182. The van der Waals surface area contributed by atoms with E-state index in [-0.39, 0.29) is 6.10 Å². The van der Waals surface area contributed by atoms with Crippen LogP contribution in [0.25, 0.3) is 5.57 Å². The van der Waals surface area contributed by atoms with Crippen molar-refractivity contribution in [1.29, 1.82) is 0 Å². The molecule has 0 aliphatic heterocycles. The fourth-order valence-electron chi connectivity index (χ4n) is 5.20. The van der Waals surface area contributed by atoms with Crippen LogP contribution in [-0.4, -0.2) is 31.1 Å². The highest BCUT2D eigenvalue weighted by Crippen LogP contribution is 2.43. The largest absolute Gasteiger partial charge is 0.369 e. The summed E-state index contributed by atoms with van der Waals surface area (Å²) in [5.41, 5.74) is 7.90. The first-order valence-corrected chi connectivity index (χ1v) is 13.3. The maximum absolute atomic E-state index is 6.48. The van der Waals surface area contributed by atoms with Crippen LogP contribution in [0, 0.1) is 0 Å². The van der Waals surface area contributed by atoms with Crippen LogP contribution in [0.15, 0.2) is 115 Å². The molecule has 0 saturated carbocycles. The number of hydrogen-bond acceptors (Lipinski definition) is 2. The average molecular weight is 478 g/mol. The Morgan fingerprint density at radius 3 is 2.17 bits per heavy atom. The first-order chi connectivity index (χ1) is 17.7. The van der Waals surface area contributed by atoms with Crippen molar-refractivity contribution in [3.8, 4) is 0 Å². The molecule has 0 spiro atoms. The van der Waals surface area contributed by atoms with Gasteiger partial charge in [-0.1, -0.05) is 117 Å². The second kappa shape index (κ2) is 13.2. The maximum Gasteiger partial charge on any atom is 0.108 e. The van der Waals surface area contributed by atoms with Crippen molar-refractivity contribution in [1.82, 2.24) is 4.90 Å². The molecule has 0 saturated heterocycles. The van der Waals surface area contributed by atoms with Crippen LogP contribution in [-0.2, 0) is 4.74 Å². The van der Waals surface area contributed by atoms with Crippen molar-refractivity contribution in [3.05, 3.63) is 138 Å². The minimum absolute atomic E-state index is 0.0141. The molecular formula is C34H39NO. The Hall–Kier alpha value is -3.20. The average Bonchev–Trinajstić information content (AvgIpc) is 3.20. The van der Waals surface area contributed by atoms with Crippen LogP contribution < -0.4 is 0 Å². The second-order valence-electron chi connectivity index (χ2n) is 9.49. The first-order valence-electron chi connectivity index (χ1n) is 13.3. The van der Waals surface area contributed by atoms with E-state index in [9.17, 15) is 0 Å². The molecule has 0 bridgehead atoms. The van der Waals surface area contributed by atoms with E-state index in [1.165, 1.54) is 33.4 Å². The van der Waals surface area contributed by atoms with E-state index in [0.717, 1.165) is 39.1 Å². The molecule has 0 radical (unpaired) electrons. The van der Waals surface area contributed by atoms with Crippen LogP contribution in [0.4, 0.5) is 0 Å². The lowest BCUT2D eigenvalue weighted by atomic mass is 9.90. The molecule has 4 rings (SSSR count). The number of likely N-dealkylation sites (N-methyl/N-ethyl adjacent to an activating group) is 1. The van der Waals surface area contributed by atoms with Crippen molar-refractivity contribution < 1.29 is 4.74 Å². The predicted octanol–water partition coefficient (Wildman–Crippen LogP) is 8.21. The van der Waals surface area contributed by atoms with E-state index in [1.54, 1.807) is 0 Å². The Labute approximate surface area is 217 Å². The minimum Gasteiger partial charge on any atom is -0.369 e. The SMILES string of the molecule is C=C/C=C\C1=C(C)c2ccccc2C1OCCCCN(CC)CC(c1ccccc1)c1ccccc1. The summed E-state index contributed by atoms with van der Waals surface area (Å²) in [4.78, 5) is 2.58. The molecule has 1 unspecified atom stereocenters. The van der Waals surface area contributed by atoms with Gasteiger partial charge in [0.25, 0.3) is 0 Å². The first kappa shape index (κ1) is 25.9. The van der Waals surface area contributed by atoms with Crippen LogP contribution in [0.3, 0.4) is 0 Å². The van der Waals surface area contributed by atoms with Gasteiger partial charge in [0.15, 0.2) is 0 Å². The minimum atomic E-state index is 0.0141. The number of benzene rings is 3. The molecular weight excluding hydrogens is 438 g/mol. The van der Waals surface area contributed by atoms with Gasteiger partial charge in [-0.25, -0.2) is 0 Å². The Kier molecular flexibility index (Phi) is 9.49. The Morgan fingerprint density at radius 2 is 1.53 bits per heavy atom. The molecule has 0 N–H and O–H groups in total. The zero-order chi connectivity index (χ0) is 25.2. The van der Waals surface area contributed by atoms with Crippen molar-refractivity contribution in [2.24, 2.45) is 0 Å². The van der Waals surface area contributed by atoms with E-state index in [0.29, 0.717) is 5.92 Å². The summed E-state index contributed by atoms with van der Waals surface area (Å²) in [5.74, 6) is 0.380. The van der Waals surface area contributed by atoms with Gasteiger partial charge in [-0.2, -0.15) is 0 Å². The molecule has 0 heterocycles. The van der Waals surface area contributed by atoms with E-state index in [2.05, 4.69) is 116 Å². The predicted molar refractivity (Wildman–Crippen MR) is 153 cm³/mol. The molecule has 3 aromatic carbocycles. The van der Waals surface area contributed by atoms with Gasteiger partial charge < -0.3 is 9.64 Å². The molecule has 2 heteroatoms. The standard InChI is InChI=1S/C34H39NO/c1-4-6-21-31-27(3)30-22-13-14-23-32(30)34(31)36-25-16-15-24-35(5-2)26-33(28-17-9-7-10-18-28)29-19-11-8-12-20-29/h4,6-14,17-23,33-34H,1,5,15-16,24-26H2,2-3H3/b21-6-. The van der Waals surface area contributed by atoms with Gasteiger partial charge in [0.1, 0.15) is 6.10 Å². The molecule has 2 nitrogen and oxygen atoms in total. The molecule has 0 fully saturated rings. The lowest BCUT2D eigenvalue weighted by molar-refractivity contribution is 0.0770. The Bertz CT molecular complexity index is 1120. The van der Waals surface area contributed by atoms with Crippen molar-refractivity contribution in [2.75, 3.05) is 26.2 Å². The molecule has 186 valence electrons. The van der Waals surface area contributed by atoms with Crippen LogP contribution in [0.2, 0.25) is 0 Å². The van der Waals surface area contributed by atoms with Gasteiger partial charge in [-0.05, 0) is 66.3 Å². The highest BCUT2D eigenvalue weighted by Gasteiger charge is 2.28. The lowest BCUT2D eigenvalue weighted by Crippen LogP contribution is -2.30. The van der Waals surface area contributed by atoms with Crippen LogP contribution in [0.5, 0.6) is 0 Å². The topological polar surface area (TPSA) is 12.5 Å². The van der Waals surface area contributed by atoms with E-state index >= 15 is 0 Å². The highest BCUT2D eigenvalue weighted by molar-refractivity contribution is 5.78. The number of fused-ring (bicyclic) bond motifs is 1. The number of hydrogen-bond donors (Lipinski definition) is 0. The third-order valence-corrected chi connectivity index (χ3v) is 7.22. The third kappa shape index (κ3) is 6.32. The van der Waals surface area contributed by atoms with Crippen LogP contribution in [0.1, 0.15) is 61.0 Å². The number of allylic oxidation sites excluding steroid dienone is 3. The molecule has 3 aromatic rings. The van der Waals surface area contributed by atoms with Gasteiger partial charge in [0.2, 0.25) is 0 Å². The fourth-order valence-corrected chi connectivity index (χ4v) is 5.20. The van der Waals surface area contributed by atoms with Gasteiger partial charge >= 0.3 is 0 Å². The van der Waals surface area contributed by atoms with Crippen LogP contribution >= 0.6 is 0 Å². The molecule has 0 amide bonds. The zero-order valence-corrected chi connectivity index (χ0v) is 21.8. The summed E-state index contributed by atoms with van der Waals surface area (Å²) in [5, 5.41) is 0. The number of unbranched alkanes of at least 4 members (excludes halogenated alkanes) is 1. The molecule has 36 heavy (non-hydrogen) atoms. The Morgan fingerprint density at radius 1 is 0.889 bits per heavy atom. The molecule has 1 aliphatic rings. The maximum atomic E-state index is 6.48. The molecule has 1 aliphatic carbocycles. The summed E-state index contributed by atoms with van der Waals surface area (Å²) >= 11 is 0. The number of ether oxygens (including phenoxy) is 1. The highest BCUT2D eigenvalue weighted by atomic mass is 16.5. The molecule has 1 atom stereocenters. The zero-order valence-electron chi connectivity index (χ0n) is 21.8. The van der Waals surface area contributed by atoms with Gasteiger partial charge in [0, 0.05) is 19.1 Å². The summed E-state index contributed by atoms with van der Waals surface area (Å²) < 4.78 is 6.48. The van der Waals surface area contributed by atoms with Gasteiger partial charge in [-0.15, -0.1) is 0 Å². The lowest BCUT2D eigenvalue weighted by Gasteiger charge is -2.27. The third-order valence-electron chi connectivity index (χ3n) is 7.22. The van der Waals surface area contributed by atoms with Gasteiger partial charge in [-0.3, -0.25) is 0 Å². The van der Waals surface area contributed by atoms with E-state index in [4.69, 9.17) is 4.74 Å². The monoisotopic (exact) mass is 477 g/mol. The summed E-state index contributed by atoms with van der Waals surface area (Å²) in [6.07, 6.45) is 8.18. The van der Waals surface area contributed by atoms with Crippen molar-refractivity contribution in [2.45, 2.75) is 38.7 Å². The summed E-state index contributed by atoms with van der Waals surface area (Å²) in [7, 11) is 0. The van der Waals surface area contributed by atoms with Gasteiger partial charge in [0.05, 0.1) is 0 Å². The molecule has 0 aromatic heterocycles. The summed E-state index contributed by atoms with van der Waals surface area (Å²) in [6, 6.07) is 30.4. The Balaban J connectivity index is 1.33. The normalized spacial score (nSPS) is 15.3. The van der Waals surface area contributed by atoms with E-state index < -0.39 is 0 Å². The number of rotatable bonds is 13. The summed E-state index contributed by atoms with van der Waals surface area (Å²) in [6.45, 7) is 12.2. The van der Waals surface area contributed by atoms with E-state index in [1.807, 2.05) is 12.2 Å². The van der Waals surface area contributed by atoms with Crippen molar-refractivity contribution >= 4 is 5.57 Å². The number of nitrogens with zero attached hydrogens (tertiary/aromatic N) is 1. The van der Waals surface area contributed by atoms with Crippen molar-refractivity contribution in [3.63, 3.8) is 0 Å². The smallest absolute Gasteiger partial charge is 0.108 e.